The zero-order valence-corrected chi connectivity index (χ0v) is 11.5. The number of carboxylic acid groups (broad SMARTS) is 1. The number of nitrogens with zero attached hydrogens (tertiary/aromatic N) is 2. The summed E-state index contributed by atoms with van der Waals surface area (Å²) in [6, 6.07) is 7.76. The molecule has 0 atom stereocenters. The number of aromatic carboxylic acids is 1. The molecule has 0 aliphatic carbocycles. The Hall–Kier alpha value is -2.96. The number of aryl methyl sites for hydroxylation is 2. The first-order valence-electron chi connectivity index (χ1n) is 6.11. The molecule has 0 amide bonds. The maximum absolute atomic E-state index is 11.0. The fourth-order valence-electron chi connectivity index (χ4n) is 1.89. The molecule has 2 aromatic rings. The second-order valence-electron chi connectivity index (χ2n) is 4.57. The Balaban J connectivity index is 2.48. The lowest BCUT2D eigenvalue weighted by atomic mass is 10.1. The Bertz CT molecular complexity index is 728. The van der Waals surface area contributed by atoms with Gasteiger partial charge in [0.05, 0.1) is 4.92 Å². The zero-order valence-electron chi connectivity index (χ0n) is 11.5. The molecular formula is C14H13N3O4. The molecular weight excluding hydrogens is 274 g/mol. The highest BCUT2D eigenvalue weighted by atomic mass is 16.6. The predicted molar refractivity (Wildman–Crippen MR) is 77.0 cm³/mol. The Morgan fingerprint density at radius 1 is 1.29 bits per heavy atom. The smallest absolute Gasteiger partial charge is 0.354 e. The van der Waals surface area contributed by atoms with Crippen molar-refractivity contribution in [3.8, 4) is 0 Å². The van der Waals surface area contributed by atoms with Crippen molar-refractivity contribution in [2.24, 2.45) is 0 Å². The van der Waals surface area contributed by atoms with Gasteiger partial charge in [0.25, 0.3) is 0 Å². The third-order valence-corrected chi connectivity index (χ3v) is 2.92. The van der Waals surface area contributed by atoms with Crippen molar-refractivity contribution in [1.82, 2.24) is 4.98 Å². The minimum Gasteiger partial charge on any atom is -0.477 e. The van der Waals surface area contributed by atoms with Gasteiger partial charge in [-0.2, -0.15) is 0 Å². The van der Waals surface area contributed by atoms with Gasteiger partial charge in [0.1, 0.15) is 0 Å². The number of hydrogen-bond acceptors (Lipinski definition) is 5. The number of benzene rings is 1. The van der Waals surface area contributed by atoms with E-state index in [1.165, 1.54) is 0 Å². The van der Waals surface area contributed by atoms with Crippen molar-refractivity contribution in [2.45, 2.75) is 13.8 Å². The number of rotatable bonds is 4. The maximum atomic E-state index is 11.0. The Kier molecular flexibility index (Phi) is 3.84. The summed E-state index contributed by atoms with van der Waals surface area (Å²) >= 11 is 0. The van der Waals surface area contributed by atoms with Gasteiger partial charge in [-0.25, -0.2) is 9.78 Å². The van der Waals surface area contributed by atoms with Crippen molar-refractivity contribution in [2.75, 3.05) is 5.32 Å². The van der Waals surface area contributed by atoms with Crippen LogP contribution in [0.5, 0.6) is 0 Å². The highest BCUT2D eigenvalue weighted by Crippen LogP contribution is 2.27. The van der Waals surface area contributed by atoms with E-state index in [1.54, 1.807) is 6.07 Å². The van der Waals surface area contributed by atoms with Crippen LogP contribution < -0.4 is 5.32 Å². The van der Waals surface area contributed by atoms with Crippen LogP contribution in [0.2, 0.25) is 0 Å². The van der Waals surface area contributed by atoms with Gasteiger partial charge in [-0.3, -0.25) is 10.1 Å². The van der Waals surface area contributed by atoms with Crippen LogP contribution in [-0.4, -0.2) is 21.0 Å². The van der Waals surface area contributed by atoms with Crippen LogP contribution >= 0.6 is 0 Å². The second-order valence-corrected chi connectivity index (χ2v) is 4.57. The summed E-state index contributed by atoms with van der Waals surface area (Å²) in [6.07, 6.45) is 0. The maximum Gasteiger partial charge on any atom is 0.354 e. The third kappa shape index (κ3) is 3.14. The van der Waals surface area contributed by atoms with Gasteiger partial charge < -0.3 is 10.4 Å². The van der Waals surface area contributed by atoms with E-state index in [2.05, 4.69) is 10.3 Å². The van der Waals surface area contributed by atoms with Crippen LogP contribution in [0.25, 0.3) is 0 Å². The molecule has 7 heteroatoms. The minimum absolute atomic E-state index is 0.0909. The lowest BCUT2D eigenvalue weighted by molar-refractivity contribution is -0.384. The molecule has 1 heterocycles. The van der Waals surface area contributed by atoms with Gasteiger partial charge in [-0.05, 0) is 31.5 Å². The van der Waals surface area contributed by atoms with Crippen molar-refractivity contribution in [1.29, 1.82) is 0 Å². The van der Waals surface area contributed by atoms with Gasteiger partial charge >= 0.3 is 11.7 Å². The number of aromatic nitrogens is 1. The molecule has 0 saturated heterocycles. The van der Waals surface area contributed by atoms with Crippen molar-refractivity contribution in [3.05, 3.63) is 57.3 Å². The number of hydrogen-bond donors (Lipinski definition) is 2. The number of nitrogens with one attached hydrogen (secondary N) is 1. The number of carboxylic acids is 1. The second kappa shape index (κ2) is 5.58. The van der Waals surface area contributed by atoms with Gasteiger partial charge in [-0.15, -0.1) is 0 Å². The van der Waals surface area contributed by atoms with Crippen LogP contribution in [0.3, 0.4) is 0 Å². The molecule has 0 radical (unpaired) electrons. The predicted octanol–water partition coefficient (Wildman–Crippen LogP) is 3.05. The van der Waals surface area contributed by atoms with E-state index in [0.717, 1.165) is 23.3 Å². The topological polar surface area (TPSA) is 105 Å². The number of anilines is 2. The molecule has 0 spiro atoms. The minimum atomic E-state index is -1.24. The van der Waals surface area contributed by atoms with Crippen LogP contribution in [0.15, 0.2) is 30.3 Å². The first kappa shape index (κ1) is 14.4. The van der Waals surface area contributed by atoms with Crippen molar-refractivity contribution >= 4 is 23.2 Å². The molecule has 0 aliphatic rings. The largest absolute Gasteiger partial charge is 0.477 e. The zero-order chi connectivity index (χ0) is 15.6. The van der Waals surface area contributed by atoms with Crippen LogP contribution in [0.4, 0.5) is 17.2 Å². The highest BCUT2D eigenvalue weighted by Gasteiger charge is 2.19. The summed E-state index contributed by atoms with van der Waals surface area (Å²) in [5.41, 5.74) is 2.04. The molecule has 0 aliphatic heterocycles. The summed E-state index contributed by atoms with van der Waals surface area (Å²) in [5, 5.41) is 22.8. The Morgan fingerprint density at radius 2 is 2.00 bits per heavy atom. The molecule has 7 nitrogen and oxygen atoms in total. The average molecular weight is 287 g/mol. The lowest BCUT2D eigenvalue weighted by Gasteiger charge is -2.10. The summed E-state index contributed by atoms with van der Waals surface area (Å²) in [6.45, 7) is 3.78. The first-order chi connectivity index (χ1) is 9.88. The van der Waals surface area contributed by atoms with E-state index in [4.69, 9.17) is 5.11 Å². The molecule has 2 rings (SSSR count). The Morgan fingerprint density at radius 3 is 2.57 bits per heavy atom. The lowest BCUT2D eigenvalue weighted by Crippen LogP contribution is -2.06. The van der Waals surface area contributed by atoms with Gasteiger partial charge in [0, 0.05) is 11.8 Å². The van der Waals surface area contributed by atoms with E-state index < -0.39 is 10.9 Å². The molecule has 0 bridgehead atoms. The fourth-order valence-corrected chi connectivity index (χ4v) is 1.89. The molecule has 2 N–H and O–H groups in total. The molecule has 1 aromatic carbocycles. The van der Waals surface area contributed by atoms with E-state index in [-0.39, 0.29) is 17.2 Å². The summed E-state index contributed by atoms with van der Waals surface area (Å²) in [7, 11) is 0. The number of pyridine rings is 1. The Labute approximate surface area is 120 Å². The molecule has 0 fully saturated rings. The molecule has 1 aromatic heterocycles. The van der Waals surface area contributed by atoms with Gasteiger partial charge in [-0.1, -0.05) is 17.7 Å². The molecule has 0 saturated carbocycles. The summed E-state index contributed by atoms with van der Waals surface area (Å²) in [5.74, 6) is -1.33. The third-order valence-electron chi connectivity index (χ3n) is 2.92. The van der Waals surface area contributed by atoms with Crippen molar-refractivity contribution in [3.63, 3.8) is 0 Å². The molecule has 108 valence electrons. The molecule has 0 unspecified atom stereocenters. The van der Waals surface area contributed by atoms with E-state index in [0.29, 0.717) is 5.69 Å². The normalized spacial score (nSPS) is 10.2. The van der Waals surface area contributed by atoms with Crippen LogP contribution in [-0.2, 0) is 0 Å². The number of carbonyl (C=O) groups is 1. The van der Waals surface area contributed by atoms with Crippen LogP contribution in [0, 0.1) is 24.0 Å². The van der Waals surface area contributed by atoms with Gasteiger partial charge in [0.15, 0.2) is 5.69 Å². The number of nitro groups is 1. The van der Waals surface area contributed by atoms with E-state index in [9.17, 15) is 14.9 Å². The first-order valence-corrected chi connectivity index (χ1v) is 6.11. The summed E-state index contributed by atoms with van der Waals surface area (Å²) < 4.78 is 0. The average Bonchev–Trinajstić information content (AvgIpc) is 2.41. The standard InChI is InChI=1S/C14H13N3O4/c1-8-3-4-10(9(2)7-8)15-13-12(17(20)21)6-5-11(16-13)14(18)19/h3-7H,1-2H3,(H,15,16)(H,18,19). The summed E-state index contributed by atoms with van der Waals surface area (Å²) in [4.78, 5) is 25.1. The quantitative estimate of drug-likeness (QED) is 0.661. The fraction of sp³-hybridized carbons (Fsp3) is 0.143. The molecule has 21 heavy (non-hydrogen) atoms. The van der Waals surface area contributed by atoms with E-state index in [1.807, 2.05) is 26.0 Å². The van der Waals surface area contributed by atoms with Crippen LogP contribution in [0.1, 0.15) is 21.6 Å². The SMILES string of the molecule is Cc1ccc(Nc2nc(C(=O)O)ccc2[N+](=O)[O-])c(C)c1. The monoisotopic (exact) mass is 287 g/mol. The van der Waals surface area contributed by atoms with Gasteiger partial charge in [0.2, 0.25) is 5.82 Å². The highest BCUT2D eigenvalue weighted by molar-refractivity contribution is 5.87. The van der Waals surface area contributed by atoms with Crippen molar-refractivity contribution < 1.29 is 14.8 Å². The van der Waals surface area contributed by atoms with E-state index >= 15 is 0 Å².